The highest BCUT2D eigenvalue weighted by Crippen LogP contribution is 2.21. The van der Waals surface area contributed by atoms with E-state index in [4.69, 9.17) is 16.3 Å². The average molecular weight is 345 g/mol. The van der Waals surface area contributed by atoms with E-state index in [9.17, 15) is 9.90 Å². The number of hydrazone groups is 1. The molecule has 0 atom stereocenters. The highest BCUT2D eigenvalue weighted by atomic mass is 35.5. The Hall–Kier alpha value is -2.79. The normalized spacial score (nSPS) is 10.5. The van der Waals surface area contributed by atoms with Crippen molar-refractivity contribution in [1.29, 1.82) is 0 Å². The zero-order valence-corrected chi connectivity index (χ0v) is 13.7. The van der Waals surface area contributed by atoms with Crippen LogP contribution < -0.4 is 10.2 Å². The fourth-order valence-corrected chi connectivity index (χ4v) is 2.05. The molecule has 2 aromatic rings. The lowest BCUT2D eigenvalue weighted by atomic mass is 10.1. The minimum atomic E-state index is -0.414. The Morgan fingerprint density at radius 3 is 2.75 bits per heavy atom. The van der Waals surface area contributed by atoms with Crippen LogP contribution in [0.25, 0.3) is 0 Å². The van der Waals surface area contributed by atoms with Crippen molar-refractivity contribution in [2.45, 2.75) is 6.42 Å². The zero-order chi connectivity index (χ0) is 17.4. The molecular weight excluding hydrogens is 328 g/mol. The van der Waals surface area contributed by atoms with Crippen molar-refractivity contribution < 1.29 is 14.6 Å². The number of allylic oxidation sites excluding steroid dienone is 1. The Balaban J connectivity index is 1.87. The van der Waals surface area contributed by atoms with Crippen LogP contribution in [0, 0.1) is 0 Å². The molecule has 0 aliphatic rings. The number of phenols is 1. The lowest BCUT2D eigenvalue weighted by Crippen LogP contribution is -2.24. The number of amides is 1. The summed E-state index contributed by atoms with van der Waals surface area (Å²) in [5, 5.41) is 14.5. The molecule has 2 aromatic carbocycles. The lowest BCUT2D eigenvalue weighted by Gasteiger charge is -2.06. The maximum absolute atomic E-state index is 11.7. The van der Waals surface area contributed by atoms with Crippen LogP contribution in [0.5, 0.6) is 11.5 Å². The summed E-state index contributed by atoms with van der Waals surface area (Å²) in [6, 6.07) is 12.0. The van der Waals surface area contributed by atoms with Crippen molar-refractivity contribution in [3.63, 3.8) is 0 Å². The molecule has 1 amide bonds. The summed E-state index contributed by atoms with van der Waals surface area (Å²) in [5.74, 6) is 0.240. The molecule has 2 rings (SSSR count). The summed E-state index contributed by atoms with van der Waals surface area (Å²) < 4.78 is 5.30. The number of nitrogens with one attached hydrogen (secondary N) is 1. The minimum Gasteiger partial charge on any atom is -0.507 e. The Kier molecular flexibility index (Phi) is 6.40. The molecule has 0 saturated heterocycles. The highest BCUT2D eigenvalue weighted by Gasteiger charge is 2.04. The molecule has 0 unspecified atom stereocenters. The molecule has 0 aromatic heterocycles. The summed E-state index contributed by atoms with van der Waals surface area (Å²) in [7, 11) is 0. The number of benzene rings is 2. The van der Waals surface area contributed by atoms with Crippen LogP contribution in [-0.4, -0.2) is 23.8 Å². The monoisotopic (exact) mass is 344 g/mol. The second-order valence-corrected chi connectivity index (χ2v) is 5.32. The van der Waals surface area contributed by atoms with Crippen LogP contribution in [0.1, 0.15) is 11.1 Å². The largest absolute Gasteiger partial charge is 0.507 e. The molecular formula is C18H17ClN2O3. The number of hydrogen-bond acceptors (Lipinski definition) is 4. The van der Waals surface area contributed by atoms with Crippen LogP contribution in [-0.2, 0) is 11.2 Å². The van der Waals surface area contributed by atoms with Crippen molar-refractivity contribution in [3.05, 3.63) is 71.3 Å². The first-order chi connectivity index (χ1) is 11.6. The molecule has 2 N–H and O–H groups in total. The number of ether oxygens (including phenoxy) is 1. The van der Waals surface area contributed by atoms with Crippen molar-refractivity contribution in [1.82, 2.24) is 5.43 Å². The zero-order valence-electron chi connectivity index (χ0n) is 12.9. The van der Waals surface area contributed by atoms with E-state index in [0.29, 0.717) is 22.8 Å². The van der Waals surface area contributed by atoms with Gasteiger partial charge in [0.15, 0.2) is 6.61 Å². The third-order valence-corrected chi connectivity index (χ3v) is 3.34. The van der Waals surface area contributed by atoms with Crippen LogP contribution in [0.3, 0.4) is 0 Å². The van der Waals surface area contributed by atoms with Gasteiger partial charge in [-0.25, -0.2) is 5.43 Å². The first kappa shape index (κ1) is 17.6. The maximum Gasteiger partial charge on any atom is 0.277 e. The third-order valence-electron chi connectivity index (χ3n) is 3.09. The fourth-order valence-electron chi connectivity index (χ4n) is 1.92. The fraction of sp³-hybridized carbons (Fsp3) is 0.111. The number of carbonyl (C=O) groups is 1. The van der Waals surface area contributed by atoms with Crippen LogP contribution >= 0.6 is 11.6 Å². The van der Waals surface area contributed by atoms with Gasteiger partial charge in [0, 0.05) is 10.6 Å². The molecule has 0 heterocycles. The Morgan fingerprint density at radius 1 is 1.29 bits per heavy atom. The van der Waals surface area contributed by atoms with E-state index in [1.54, 1.807) is 48.5 Å². The van der Waals surface area contributed by atoms with Gasteiger partial charge in [0.2, 0.25) is 0 Å². The number of aromatic hydroxyl groups is 1. The summed E-state index contributed by atoms with van der Waals surface area (Å²) >= 11 is 5.76. The predicted molar refractivity (Wildman–Crippen MR) is 94.7 cm³/mol. The lowest BCUT2D eigenvalue weighted by molar-refractivity contribution is -0.123. The Bertz CT molecular complexity index is 742. The van der Waals surface area contributed by atoms with Gasteiger partial charge in [0.1, 0.15) is 11.5 Å². The molecule has 0 bridgehead atoms. The number of phenolic OH excluding ortho intramolecular Hbond substituents is 1. The van der Waals surface area contributed by atoms with E-state index in [2.05, 4.69) is 17.1 Å². The summed E-state index contributed by atoms with van der Waals surface area (Å²) in [5.41, 5.74) is 3.59. The molecule has 0 aliphatic carbocycles. The van der Waals surface area contributed by atoms with Gasteiger partial charge in [-0.3, -0.25) is 4.79 Å². The van der Waals surface area contributed by atoms with E-state index in [1.807, 2.05) is 0 Å². The van der Waals surface area contributed by atoms with Gasteiger partial charge in [0.05, 0.1) is 6.21 Å². The van der Waals surface area contributed by atoms with Crippen LogP contribution in [0.4, 0.5) is 0 Å². The van der Waals surface area contributed by atoms with Crippen LogP contribution in [0.2, 0.25) is 5.02 Å². The van der Waals surface area contributed by atoms with Crippen molar-refractivity contribution in [2.75, 3.05) is 6.61 Å². The molecule has 124 valence electrons. The molecule has 0 fully saturated rings. The van der Waals surface area contributed by atoms with E-state index in [-0.39, 0.29) is 12.4 Å². The Labute approximate surface area is 145 Å². The van der Waals surface area contributed by atoms with Gasteiger partial charge in [-0.15, -0.1) is 6.58 Å². The molecule has 0 saturated carbocycles. The minimum absolute atomic E-state index is 0.118. The van der Waals surface area contributed by atoms with Crippen LogP contribution in [0.15, 0.2) is 60.2 Å². The van der Waals surface area contributed by atoms with E-state index < -0.39 is 5.91 Å². The van der Waals surface area contributed by atoms with Gasteiger partial charge in [-0.1, -0.05) is 29.8 Å². The van der Waals surface area contributed by atoms with Gasteiger partial charge in [0.25, 0.3) is 5.91 Å². The van der Waals surface area contributed by atoms with Gasteiger partial charge in [-0.2, -0.15) is 5.10 Å². The quantitative estimate of drug-likeness (QED) is 0.460. The number of carbonyl (C=O) groups excluding carboxylic acids is 1. The number of rotatable bonds is 7. The van der Waals surface area contributed by atoms with E-state index in [1.165, 1.54) is 6.21 Å². The van der Waals surface area contributed by atoms with Crippen molar-refractivity contribution in [2.24, 2.45) is 5.10 Å². The third kappa shape index (κ3) is 5.14. The topological polar surface area (TPSA) is 70.9 Å². The van der Waals surface area contributed by atoms with Gasteiger partial charge >= 0.3 is 0 Å². The first-order valence-electron chi connectivity index (χ1n) is 7.22. The standard InChI is InChI=1S/C18H17ClN2O3/c1-2-4-13-5-3-6-14(18(13)23)11-20-21-17(22)12-24-16-9-7-15(19)8-10-16/h2-3,5-11,23H,1,4,12H2,(H,21,22)/b20-11-. The van der Waals surface area contributed by atoms with Crippen molar-refractivity contribution in [3.8, 4) is 11.5 Å². The summed E-state index contributed by atoms with van der Waals surface area (Å²) in [6.07, 6.45) is 3.63. The van der Waals surface area contributed by atoms with E-state index in [0.717, 1.165) is 5.56 Å². The SMILES string of the molecule is C=CCc1cccc(/C=N\NC(=O)COc2ccc(Cl)cc2)c1O. The highest BCUT2D eigenvalue weighted by molar-refractivity contribution is 6.30. The average Bonchev–Trinajstić information content (AvgIpc) is 2.58. The molecule has 5 nitrogen and oxygen atoms in total. The predicted octanol–water partition coefficient (Wildman–Crippen LogP) is 3.30. The number of hydrogen-bond donors (Lipinski definition) is 2. The maximum atomic E-state index is 11.7. The first-order valence-corrected chi connectivity index (χ1v) is 7.60. The molecule has 0 spiro atoms. The molecule has 24 heavy (non-hydrogen) atoms. The Morgan fingerprint density at radius 2 is 2.04 bits per heavy atom. The number of para-hydroxylation sites is 1. The van der Waals surface area contributed by atoms with Gasteiger partial charge < -0.3 is 9.84 Å². The number of nitrogens with zero attached hydrogens (tertiary/aromatic N) is 1. The second kappa shape index (κ2) is 8.74. The van der Waals surface area contributed by atoms with E-state index >= 15 is 0 Å². The molecule has 0 radical (unpaired) electrons. The molecule has 0 aliphatic heterocycles. The summed E-state index contributed by atoms with van der Waals surface area (Å²) in [4.78, 5) is 11.7. The van der Waals surface area contributed by atoms with Gasteiger partial charge in [-0.05, 0) is 42.3 Å². The smallest absolute Gasteiger partial charge is 0.277 e. The number of halogens is 1. The summed E-state index contributed by atoms with van der Waals surface area (Å²) in [6.45, 7) is 3.46. The molecule has 6 heteroatoms. The van der Waals surface area contributed by atoms with Crippen molar-refractivity contribution >= 4 is 23.7 Å². The second-order valence-electron chi connectivity index (χ2n) is 4.88.